The Labute approximate surface area is 169 Å². The zero-order valence-corrected chi connectivity index (χ0v) is 17.0. The second-order valence-corrected chi connectivity index (χ2v) is 7.45. The second kappa shape index (κ2) is 7.20. The van der Waals surface area contributed by atoms with Crippen LogP contribution in [0, 0.1) is 0 Å². The monoisotopic (exact) mass is 389 g/mol. The smallest absolute Gasteiger partial charge is 0.193 e. The van der Waals surface area contributed by atoms with E-state index in [-0.39, 0.29) is 22.8 Å². The Morgan fingerprint density at radius 2 is 1.97 bits per heavy atom. The average molecular weight is 389 g/mol. The maximum atomic E-state index is 12.6. The molecule has 0 unspecified atom stereocenters. The molecule has 0 N–H and O–H groups in total. The lowest BCUT2D eigenvalue weighted by Gasteiger charge is -2.38. The lowest BCUT2D eigenvalue weighted by atomic mass is 9.95. The number of methoxy groups -OCH3 is 1. The summed E-state index contributed by atoms with van der Waals surface area (Å²) in [7, 11) is 1.63. The van der Waals surface area contributed by atoms with Gasteiger partial charge in [-0.05, 0) is 50.6 Å². The molecule has 6 heteroatoms. The summed E-state index contributed by atoms with van der Waals surface area (Å²) in [5.74, 6) is 0.456. The molecule has 1 aliphatic rings. The predicted octanol–water partition coefficient (Wildman–Crippen LogP) is 3.65. The van der Waals surface area contributed by atoms with E-state index < -0.39 is 0 Å². The number of Topliss-reactive ketones (excluding diaryl/α,β-unsaturated/α-hetero) is 1. The number of hydrogen-bond donors (Lipinski definition) is 0. The van der Waals surface area contributed by atoms with Gasteiger partial charge in [-0.1, -0.05) is 6.07 Å². The van der Waals surface area contributed by atoms with Crippen molar-refractivity contribution in [3.05, 3.63) is 70.1 Å². The number of carbonyl (C=O) groups is 1. The summed E-state index contributed by atoms with van der Waals surface area (Å²) >= 11 is 0. The zero-order valence-electron chi connectivity index (χ0n) is 17.0. The Balaban J connectivity index is 1.98. The van der Waals surface area contributed by atoms with Gasteiger partial charge >= 0.3 is 0 Å². The first-order chi connectivity index (χ1) is 13.9. The Morgan fingerprint density at radius 1 is 1.17 bits per heavy atom. The van der Waals surface area contributed by atoms with Crippen LogP contribution in [0.4, 0.5) is 0 Å². The fraction of sp³-hybridized carbons (Fsp3) is 0.261. The third-order valence-electron chi connectivity index (χ3n) is 5.26. The third-order valence-corrected chi connectivity index (χ3v) is 5.26. The molecule has 1 aliphatic heterocycles. The van der Waals surface area contributed by atoms with Gasteiger partial charge in [0.05, 0.1) is 30.6 Å². The standard InChI is InChI=1S/C23H23N3O3/c1-14(2)25-12-16-9-18(20-7-5-6-8-24-20)23(29-4)10-17(16)21-11-22(28)19(15(3)27)13-26(21)25/h5-11,13-14H,12H2,1-4H3. The number of pyridine rings is 2. The van der Waals surface area contributed by atoms with E-state index in [0.29, 0.717) is 12.3 Å². The molecule has 3 aromatic rings. The molecule has 0 atom stereocenters. The van der Waals surface area contributed by atoms with Gasteiger partial charge in [0.1, 0.15) is 5.75 Å². The van der Waals surface area contributed by atoms with Crippen LogP contribution in [0.25, 0.3) is 22.5 Å². The lowest BCUT2D eigenvalue weighted by molar-refractivity contribution is 0.101. The minimum absolute atomic E-state index is 0.171. The van der Waals surface area contributed by atoms with Gasteiger partial charge in [0.2, 0.25) is 0 Å². The largest absolute Gasteiger partial charge is 0.496 e. The van der Waals surface area contributed by atoms with Crippen LogP contribution < -0.4 is 15.2 Å². The minimum atomic E-state index is -0.270. The van der Waals surface area contributed by atoms with E-state index in [9.17, 15) is 9.59 Å². The molecule has 0 aliphatic carbocycles. The molecular weight excluding hydrogens is 366 g/mol. The molecule has 0 fully saturated rings. The van der Waals surface area contributed by atoms with Gasteiger partial charge in [-0.3, -0.25) is 19.2 Å². The normalized spacial score (nSPS) is 12.5. The van der Waals surface area contributed by atoms with E-state index in [2.05, 4.69) is 29.9 Å². The number of ether oxygens (including phenoxy) is 1. The maximum absolute atomic E-state index is 12.6. The van der Waals surface area contributed by atoms with Crippen molar-refractivity contribution < 1.29 is 9.53 Å². The van der Waals surface area contributed by atoms with Crippen LogP contribution in [-0.4, -0.2) is 28.6 Å². The van der Waals surface area contributed by atoms with Gasteiger partial charge in [-0.25, -0.2) is 0 Å². The highest BCUT2D eigenvalue weighted by molar-refractivity contribution is 5.94. The topological polar surface area (TPSA) is 64.4 Å². The first kappa shape index (κ1) is 18.9. The molecule has 0 radical (unpaired) electrons. The first-order valence-corrected chi connectivity index (χ1v) is 9.58. The number of ketones is 1. The number of rotatable bonds is 4. The van der Waals surface area contributed by atoms with E-state index in [0.717, 1.165) is 28.1 Å². The Kier molecular flexibility index (Phi) is 4.70. The molecular formula is C23H23N3O3. The molecule has 1 aromatic carbocycles. The number of nitrogens with zero attached hydrogens (tertiary/aromatic N) is 3. The van der Waals surface area contributed by atoms with Crippen molar-refractivity contribution in [1.82, 2.24) is 9.66 Å². The Hall–Kier alpha value is -3.41. The van der Waals surface area contributed by atoms with Crippen LogP contribution in [-0.2, 0) is 6.54 Å². The first-order valence-electron chi connectivity index (χ1n) is 9.58. The van der Waals surface area contributed by atoms with Crippen molar-refractivity contribution in [3.8, 4) is 28.3 Å². The Bertz CT molecular complexity index is 1150. The summed E-state index contributed by atoms with van der Waals surface area (Å²) in [4.78, 5) is 28.9. The van der Waals surface area contributed by atoms with Crippen LogP contribution in [0.2, 0.25) is 0 Å². The SMILES string of the molecule is COc1cc2c(cc1-c1ccccn1)CN(C(C)C)n1cc(C(C)=O)c(=O)cc1-2. The van der Waals surface area contributed by atoms with Gasteiger partial charge < -0.3 is 9.75 Å². The maximum Gasteiger partial charge on any atom is 0.193 e. The highest BCUT2D eigenvalue weighted by Gasteiger charge is 2.26. The number of aromatic nitrogens is 2. The molecule has 0 saturated heterocycles. The molecule has 2 aromatic heterocycles. The van der Waals surface area contributed by atoms with Gasteiger partial charge in [0, 0.05) is 35.6 Å². The van der Waals surface area contributed by atoms with Crippen LogP contribution in [0.5, 0.6) is 5.75 Å². The van der Waals surface area contributed by atoms with Crippen molar-refractivity contribution in [2.45, 2.75) is 33.4 Å². The zero-order chi connectivity index (χ0) is 20.7. The molecule has 0 amide bonds. The van der Waals surface area contributed by atoms with E-state index in [1.165, 1.54) is 6.92 Å². The van der Waals surface area contributed by atoms with E-state index >= 15 is 0 Å². The van der Waals surface area contributed by atoms with Crippen molar-refractivity contribution in [2.24, 2.45) is 0 Å². The van der Waals surface area contributed by atoms with Crippen molar-refractivity contribution >= 4 is 5.78 Å². The van der Waals surface area contributed by atoms with Crippen molar-refractivity contribution in [2.75, 3.05) is 12.1 Å². The molecule has 4 rings (SSSR count). The Morgan fingerprint density at radius 3 is 2.59 bits per heavy atom. The lowest BCUT2D eigenvalue weighted by Crippen LogP contribution is -2.44. The quantitative estimate of drug-likeness (QED) is 0.638. The van der Waals surface area contributed by atoms with Crippen molar-refractivity contribution in [3.63, 3.8) is 0 Å². The molecule has 0 saturated carbocycles. The van der Waals surface area contributed by atoms with Crippen molar-refractivity contribution in [1.29, 1.82) is 0 Å². The molecule has 6 nitrogen and oxygen atoms in total. The summed E-state index contributed by atoms with van der Waals surface area (Å²) in [6.07, 6.45) is 3.41. The number of carbonyl (C=O) groups excluding carboxylic acids is 1. The average Bonchev–Trinajstić information content (AvgIpc) is 2.72. The predicted molar refractivity (Wildman–Crippen MR) is 113 cm³/mol. The van der Waals surface area contributed by atoms with Crippen LogP contribution in [0.3, 0.4) is 0 Å². The fourth-order valence-corrected chi connectivity index (χ4v) is 3.77. The third kappa shape index (κ3) is 3.20. The molecule has 0 bridgehead atoms. The highest BCUT2D eigenvalue weighted by Crippen LogP contribution is 2.39. The molecule has 0 spiro atoms. The highest BCUT2D eigenvalue weighted by atomic mass is 16.5. The fourth-order valence-electron chi connectivity index (χ4n) is 3.77. The number of hydrogen-bond acceptors (Lipinski definition) is 5. The summed E-state index contributed by atoms with van der Waals surface area (Å²) in [5, 5.41) is 2.14. The van der Waals surface area contributed by atoms with Crippen LogP contribution in [0.15, 0.2) is 53.6 Å². The minimum Gasteiger partial charge on any atom is -0.496 e. The molecule has 148 valence electrons. The molecule has 29 heavy (non-hydrogen) atoms. The molecule has 3 heterocycles. The van der Waals surface area contributed by atoms with E-state index in [1.807, 2.05) is 28.9 Å². The van der Waals surface area contributed by atoms with Crippen LogP contribution >= 0.6 is 0 Å². The van der Waals surface area contributed by atoms with Crippen LogP contribution in [0.1, 0.15) is 36.7 Å². The van der Waals surface area contributed by atoms with Gasteiger partial charge in [-0.15, -0.1) is 0 Å². The van der Waals surface area contributed by atoms with E-state index in [4.69, 9.17) is 4.74 Å². The van der Waals surface area contributed by atoms with Gasteiger partial charge in [-0.2, -0.15) is 0 Å². The number of benzene rings is 1. The summed E-state index contributed by atoms with van der Waals surface area (Å²) in [6.45, 7) is 6.24. The van der Waals surface area contributed by atoms with Gasteiger partial charge in [0.15, 0.2) is 11.2 Å². The summed E-state index contributed by atoms with van der Waals surface area (Å²) in [6, 6.07) is 11.5. The number of fused-ring (bicyclic) bond motifs is 3. The van der Waals surface area contributed by atoms with Gasteiger partial charge in [0.25, 0.3) is 0 Å². The van der Waals surface area contributed by atoms with E-state index in [1.54, 1.807) is 25.6 Å². The second-order valence-electron chi connectivity index (χ2n) is 7.45. The summed E-state index contributed by atoms with van der Waals surface area (Å²) < 4.78 is 7.57. The summed E-state index contributed by atoms with van der Waals surface area (Å²) in [5.41, 5.74) is 4.42.